The molecule has 0 bridgehead atoms. The number of piperidine rings is 1. The predicted octanol–water partition coefficient (Wildman–Crippen LogP) is 5.80. The van der Waals surface area contributed by atoms with E-state index >= 15 is 0 Å². The summed E-state index contributed by atoms with van der Waals surface area (Å²) >= 11 is 6.49. The molecule has 1 heterocycles. The van der Waals surface area contributed by atoms with Crippen LogP contribution in [0.15, 0.2) is 12.1 Å². The second-order valence-corrected chi connectivity index (χ2v) is 9.88. The van der Waals surface area contributed by atoms with Crippen LogP contribution in [0.2, 0.25) is 5.02 Å². The lowest BCUT2D eigenvalue weighted by Gasteiger charge is -2.34. The van der Waals surface area contributed by atoms with Crippen molar-refractivity contribution in [2.24, 2.45) is 0 Å². The van der Waals surface area contributed by atoms with Crippen LogP contribution < -0.4 is 5.32 Å². The summed E-state index contributed by atoms with van der Waals surface area (Å²) in [5, 5.41) is 10.9. The Balaban J connectivity index is 2.14. The standard InChI is InChI=1S/C22H32ClN3O4/c1-21(2,3)29-19(27)25-18-12-16(17(23)11-15(18)13-24)14-7-9-26(10-8-14)20(28)30-22(4,5)6/h11-14,24H,7-10H2,1-6H3,(H,25,27). The average Bonchev–Trinajstić information content (AvgIpc) is 2.60. The fourth-order valence-corrected chi connectivity index (χ4v) is 3.59. The number of nitrogens with zero attached hydrogens (tertiary/aromatic N) is 1. The van der Waals surface area contributed by atoms with Crippen molar-refractivity contribution in [2.75, 3.05) is 18.4 Å². The van der Waals surface area contributed by atoms with E-state index in [2.05, 4.69) is 5.32 Å². The number of nitrogens with one attached hydrogen (secondary N) is 2. The predicted molar refractivity (Wildman–Crippen MR) is 119 cm³/mol. The second-order valence-electron chi connectivity index (χ2n) is 9.47. The lowest BCUT2D eigenvalue weighted by Crippen LogP contribution is -2.41. The van der Waals surface area contributed by atoms with E-state index in [0.29, 0.717) is 29.4 Å². The molecule has 0 aromatic heterocycles. The second kappa shape index (κ2) is 9.25. The number of likely N-dealkylation sites (tertiary alicyclic amines) is 1. The monoisotopic (exact) mass is 437 g/mol. The topological polar surface area (TPSA) is 91.7 Å². The van der Waals surface area contributed by atoms with E-state index in [-0.39, 0.29) is 12.0 Å². The number of ether oxygens (including phenoxy) is 2. The molecule has 1 aliphatic rings. The summed E-state index contributed by atoms with van der Waals surface area (Å²) in [4.78, 5) is 26.2. The van der Waals surface area contributed by atoms with Crippen LogP contribution in [-0.4, -0.2) is 47.6 Å². The fraction of sp³-hybridized carbons (Fsp3) is 0.591. The first kappa shape index (κ1) is 24.0. The molecule has 1 saturated heterocycles. The molecular formula is C22H32ClN3O4. The zero-order chi connectivity index (χ0) is 22.7. The van der Waals surface area contributed by atoms with Gasteiger partial charge in [-0.3, -0.25) is 5.32 Å². The molecule has 7 nitrogen and oxygen atoms in total. The molecule has 1 aromatic carbocycles. The summed E-state index contributed by atoms with van der Waals surface area (Å²) in [5.74, 6) is 0.134. The summed E-state index contributed by atoms with van der Waals surface area (Å²) in [6, 6.07) is 3.48. The van der Waals surface area contributed by atoms with Gasteiger partial charge in [-0.15, -0.1) is 0 Å². The number of carbonyl (C=O) groups is 2. The Bertz CT molecular complexity index is 804. The minimum absolute atomic E-state index is 0.134. The van der Waals surface area contributed by atoms with Gasteiger partial charge in [-0.25, -0.2) is 9.59 Å². The van der Waals surface area contributed by atoms with Crippen molar-refractivity contribution in [1.29, 1.82) is 5.41 Å². The maximum Gasteiger partial charge on any atom is 0.412 e. The SMILES string of the molecule is CC(C)(C)OC(=O)Nc1cc(C2CCN(C(=O)OC(C)(C)C)CC2)c(Cl)cc1C=N. The summed E-state index contributed by atoms with van der Waals surface area (Å²) < 4.78 is 10.8. The van der Waals surface area contributed by atoms with Crippen LogP contribution in [0.25, 0.3) is 0 Å². The van der Waals surface area contributed by atoms with Crippen LogP contribution >= 0.6 is 11.6 Å². The number of halogens is 1. The highest BCUT2D eigenvalue weighted by molar-refractivity contribution is 6.32. The van der Waals surface area contributed by atoms with Crippen molar-refractivity contribution >= 4 is 35.7 Å². The molecule has 0 atom stereocenters. The molecule has 0 saturated carbocycles. The Morgan fingerprint density at radius 1 is 1.10 bits per heavy atom. The van der Waals surface area contributed by atoms with Gasteiger partial charge in [-0.2, -0.15) is 0 Å². The normalized spacial score (nSPS) is 15.5. The van der Waals surface area contributed by atoms with Gasteiger partial charge in [0.15, 0.2) is 0 Å². The van der Waals surface area contributed by atoms with E-state index in [0.717, 1.165) is 24.6 Å². The molecule has 1 aliphatic heterocycles. The first-order valence-electron chi connectivity index (χ1n) is 10.1. The highest BCUT2D eigenvalue weighted by Crippen LogP contribution is 2.36. The third kappa shape index (κ3) is 6.90. The minimum atomic E-state index is -0.626. The summed E-state index contributed by atoms with van der Waals surface area (Å²) in [7, 11) is 0. The van der Waals surface area contributed by atoms with Gasteiger partial charge in [0.2, 0.25) is 0 Å². The first-order chi connectivity index (χ1) is 13.8. The number of anilines is 1. The molecule has 2 N–H and O–H groups in total. The average molecular weight is 438 g/mol. The number of rotatable bonds is 3. The highest BCUT2D eigenvalue weighted by atomic mass is 35.5. The zero-order valence-electron chi connectivity index (χ0n) is 18.6. The maximum atomic E-state index is 12.3. The largest absolute Gasteiger partial charge is 0.444 e. The van der Waals surface area contributed by atoms with Gasteiger partial charge in [-0.05, 0) is 78.0 Å². The summed E-state index contributed by atoms with van der Waals surface area (Å²) in [6.45, 7) is 12.0. The number of hydrogen-bond donors (Lipinski definition) is 2. The molecule has 1 fully saturated rings. The molecular weight excluding hydrogens is 406 g/mol. The van der Waals surface area contributed by atoms with Crippen molar-refractivity contribution in [3.8, 4) is 0 Å². The van der Waals surface area contributed by atoms with E-state index in [1.165, 1.54) is 0 Å². The van der Waals surface area contributed by atoms with Crippen LogP contribution in [0.3, 0.4) is 0 Å². The summed E-state index contributed by atoms with van der Waals surface area (Å²) in [5.41, 5.74) is 0.715. The van der Waals surface area contributed by atoms with Crippen molar-refractivity contribution in [2.45, 2.75) is 71.5 Å². The van der Waals surface area contributed by atoms with Gasteiger partial charge in [0.25, 0.3) is 0 Å². The van der Waals surface area contributed by atoms with Crippen LogP contribution in [0.5, 0.6) is 0 Å². The van der Waals surface area contributed by atoms with Gasteiger partial charge in [0, 0.05) is 29.9 Å². The maximum absolute atomic E-state index is 12.3. The molecule has 2 rings (SSSR count). The zero-order valence-corrected chi connectivity index (χ0v) is 19.4. The van der Waals surface area contributed by atoms with Gasteiger partial charge >= 0.3 is 12.2 Å². The molecule has 0 spiro atoms. The fourth-order valence-electron chi connectivity index (χ4n) is 3.26. The van der Waals surface area contributed by atoms with Gasteiger partial charge in [0.05, 0.1) is 5.69 Å². The molecule has 166 valence electrons. The Hall–Kier alpha value is -2.28. The van der Waals surface area contributed by atoms with Gasteiger partial charge in [0.1, 0.15) is 11.2 Å². The van der Waals surface area contributed by atoms with Crippen LogP contribution in [0.4, 0.5) is 15.3 Å². The highest BCUT2D eigenvalue weighted by Gasteiger charge is 2.29. The minimum Gasteiger partial charge on any atom is -0.444 e. The van der Waals surface area contributed by atoms with Gasteiger partial charge in [-0.1, -0.05) is 11.6 Å². The van der Waals surface area contributed by atoms with E-state index in [9.17, 15) is 9.59 Å². The number of carbonyl (C=O) groups excluding carboxylic acids is 2. The number of benzene rings is 1. The smallest absolute Gasteiger partial charge is 0.412 e. The Labute approximate surface area is 183 Å². The first-order valence-corrected chi connectivity index (χ1v) is 10.5. The van der Waals surface area contributed by atoms with Crippen molar-refractivity contribution in [3.05, 3.63) is 28.3 Å². The van der Waals surface area contributed by atoms with Crippen molar-refractivity contribution in [3.63, 3.8) is 0 Å². The van der Waals surface area contributed by atoms with E-state index in [1.807, 2.05) is 20.8 Å². The Morgan fingerprint density at radius 3 is 2.17 bits per heavy atom. The van der Waals surface area contributed by atoms with E-state index < -0.39 is 17.3 Å². The molecule has 0 unspecified atom stereocenters. The molecule has 1 aromatic rings. The Kier molecular flexibility index (Phi) is 7.40. The third-order valence-corrected chi connectivity index (χ3v) is 4.87. The van der Waals surface area contributed by atoms with Crippen molar-refractivity contribution < 1.29 is 19.1 Å². The lowest BCUT2D eigenvalue weighted by molar-refractivity contribution is 0.0204. The molecule has 30 heavy (non-hydrogen) atoms. The summed E-state index contributed by atoms with van der Waals surface area (Å²) in [6.07, 6.45) is 1.72. The van der Waals surface area contributed by atoms with Gasteiger partial charge < -0.3 is 19.8 Å². The van der Waals surface area contributed by atoms with E-state index in [4.69, 9.17) is 26.5 Å². The molecule has 8 heteroatoms. The number of hydrogen-bond acceptors (Lipinski definition) is 5. The number of amides is 2. The molecule has 0 aliphatic carbocycles. The quantitative estimate of drug-likeness (QED) is 0.584. The van der Waals surface area contributed by atoms with Crippen LogP contribution in [0, 0.1) is 5.41 Å². The van der Waals surface area contributed by atoms with E-state index in [1.54, 1.807) is 37.8 Å². The third-order valence-electron chi connectivity index (χ3n) is 4.55. The lowest BCUT2D eigenvalue weighted by atomic mass is 9.88. The Morgan fingerprint density at radius 2 is 1.67 bits per heavy atom. The van der Waals surface area contributed by atoms with Crippen LogP contribution in [-0.2, 0) is 9.47 Å². The van der Waals surface area contributed by atoms with Crippen LogP contribution in [0.1, 0.15) is 71.4 Å². The molecule has 0 radical (unpaired) electrons. The molecule has 2 amide bonds. The van der Waals surface area contributed by atoms with Crippen molar-refractivity contribution in [1.82, 2.24) is 4.90 Å².